The van der Waals surface area contributed by atoms with Crippen LogP contribution in [-0.2, 0) is 4.79 Å². The van der Waals surface area contributed by atoms with Crippen molar-refractivity contribution in [2.75, 3.05) is 0 Å². The highest BCUT2D eigenvalue weighted by Crippen LogP contribution is 2.47. The van der Waals surface area contributed by atoms with Gasteiger partial charge in [-0.15, -0.1) is 0 Å². The van der Waals surface area contributed by atoms with Crippen molar-refractivity contribution >= 4 is 39.4 Å². The predicted octanol–water partition coefficient (Wildman–Crippen LogP) is 5.38. The number of hydrogen-bond acceptors (Lipinski definition) is 1. The first kappa shape index (κ1) is 20.2. The number of benzene rings is 4. The average Bonchev–Trinajstić information content (AvgIpc) is 2.88. The molecule has 0 fully saturated rings. The molecule has 0 saturated heterocycles. The van der Waals surface area contributed by atoms with E-state index in [1.165, 1.54) is 15.9 Å². The molecule has 4 aromatic rings. The number of allylic oxidation sites excluding steroid dienone is 4. The quantitative estimate of drug-likeness (QED) is 0.398. The topological polar surface area (TPSA) is 17.1 Å². The lowest BCUT2D eigenvalue weighted by atomic mass is 9.99. The van der Waals surface area contributed by atoms with Crippen LogP contribution in [0.1, 0.15) is 5.56 Å². The Morgan fingerprint density at radius 1 is 0.469 bits per heavy atom. The van der Waals surface area contributed by atoms with E-state index in [1.807, 2.05) is 42.5 Å². The molecular formula is C30H23OP. The molecule has 0 aromatic heterocycles. The molecule has 5 rings (SSSR count). The molecule has 0 spiro atoms. The monoisotopic (exact) mass is 430 g/mol. The molecule has 0 heterocycles. The highest BCUT2D eigenvalue weighted by atomic mass is 31.2. The maximum atomic E-state index is 13.6. The Morgan fingerprint density at radius 3 is 1.31 bits per heavy atom. The maximum absolute atomic E-state index is 13.6. The van der Waals surface area contributed by atoms with Gasteiger partial charge in [0.15, 0.2) is 5.78 Å². The molecule has 0 radical (unpaired) electrons. The van der Waals surface area contributed by atoms with Crippen molar-refractivity contribution in [3.8, 4) is 0 Å². The van der Waals surface area contributed by atoms with Crippen LogP contribution in [0.25, 0.3) is 5.57 Å². The van der Waals surface area contributed by atoms with Gasteiger partial charge in [0.2, 0.25) is 0 Å². The fourth-order valence-electron chi connectivity index (χ4n) is 4.41. The van der Waals surface area contributed by atoms with Gasteiger partial charge in [-0.05, 0) is 46.1 Å². The zero-order chi connectivity index (χ0) is 21.8. The van der Waals surface area contributed by atoms with Crippen LogP contribution >= 0.6 is 6.89 Å². The van der Waals surface area contributed by atoms with Gasteiger partial charge >= 0.3 is 0 Å². The number of ketones is 1. The van der Waals surface area contributed by atoms with Crippen LogP contribution in [0, 0.1) is 0 Å². The highest BCUT2D eigenvalue weighted by Gasteiger charge is 2.32. The minimum Gasteiger partial charge on any atom is -0.289 e. The van der Waals surface area contributed by atoms with Gasteiger partial charge < -0.3 is 0 Å². The van der Waals surface area contributed by atoms with Gasteiger partial charge in [0, 0.05) is 5.29 Å². The molecule has 0 saturated carbocycles. The summed E-state index contributed by atoms with van der Waals surface area (Å²) in [7, 11) is 0. The second-order valence-corrected chi connectivity index (χ2v) is 11.1. The second-order valence-electron chi connectivity index (χ2n) is 7.73. The number of rotatable bonds is 4. The van der Waals surface area contributed by atoms with Gasteiger partial charge in [0.25, 0.3) is 0 Å². The molecule has 1 aliphatic rings. The Balaban J connectivity index is 1.96. The summed E-state index contributed by atoms with van der Waals surface area (Å²) in [6.07, 6.45) is 5.80. The first-order chi connectivity index (χ1) is 15.8. The Kier molecular flexibility index (Phi) is 5.58. The van der Waals surface area contributed by atoms with E-state index in [0.29, 0.717) is 0 Å². The lowest BCUT2D eigenvalue weighted by Crippen LogP contribution is -2.33. The van der Waals surface area contributed by atoms with Gasteiger partial charge in [-0.1, -0.05) is 127 Å². The second kappa shape index (κ2) is 8.83. The standard InChI is InChI=1S/C30H23OP/c31-29-22-21-25(24-13-5-1-6-14-24)23-30(29)32(26-15-7-2-8-16-26,27-17-9-3-10-18-27)28-19-11-4-12-20-28/h1-23H. The van der Waals surface area contributed by atoms with Crippen molar-refractivity contribution in [2.45, 2.75) is 0 Å². The van der Waals surface area contributed by atoms with Crippen molar-refractivity contribution in [1.29, 1.82) is 0 Å². The lowest BCUT2D eigenvalue weighted by molar-refractivity contribution is -0.108. The van der Waals surface area contributed by atoms with Crippen molar-refractivity contribution in [2.24, 2.45) is 0 Å². The van der Waals surface area contributed by atoms with Gasteiger partial charge in [-0.2, -0.15) is 0 Å². The third kappa shape index (κ3) is 3.51. The predicted molar refractivity (Wildman–Crippen MR) is 139 cm³/mol. The minimum absolute atomic E-state index is 0.0783. The van der Waals surface area contributed by atoms with Gasteiger partial charge in [0.1, 0.15) is 0 Å². The van der Waals surface area contributed by atoms with E-state index < -0.39 is 6.89 Å². The smallest absolute Gasteiger partial charge is 0.186 e. The van der Waals surface area contributed by atoms with E-state index in [0.717, 1.165) is 16.4 Å². The van der Waals surface area contributed by atoms with Crippen LogP contribution in [-0.4, -0.2) is 11.1 Å². The fourth-order valence-corrected chi connectivity index (χ4v) is 8.73. The summed E-state index contributed by atoms with van der Waals surface area (Å²) in [5, 5.41) is 4.40. The van der Waals surface area contributed by atoms with E-state index in [-0.39, 0.29) is 5.78 Å². The zero-order valence-electron chi connectivity index (χ0n) is 17.6. The first-order valence-electron chi connectivity index (χ1n) is 10.7. The number of carbonyl (C=O) groups is 1. The van der Waals surface area contributed by atoms with E-state index in [4.69, 9.17) is 0 Å². The molecule has 0 unspecified atom stereocenters. The summed E-state index contributed by atoms with van der Waals surface area (Å²) in [4.78, 5) is 13.6. The van der Waals surface area contributed by atoms with Crippen LogP contribution < -0.4 is 15.9 Å². The van der Waals surface area contributed by atoms with Crippen LogP contribution in [0.15, 0.2) is 140 Å². The Labute approximate surface area is 189 Å². The Hall–Kier alpha value is -3.67. The van der Waals surface area contributed by atoms with Gasteiger partial charge in [-0.25, -0.2) is 0 Å². The molecular weight excluding hydrogens is 407 g/mol. The van der Waals surface area contributed by atoms with E-state index in [2.05, 4.69) is 91.0 Å². The van der Waals surface area contributed by atoms with Crippen molar-refractivity contribution in [3.05, 3.63) is 145 Å². The summed E-state index contributed by atoms with van der Waals surface area (Å²) in [6.45, 7) is -2.40. The van der Waals surface area contributed by atoms with E-state index in [9.17, 15) is 4.79 Å². The fraction of sp³-hybridized carbons (Fsp3) is 0. The normalized spacial score (nSPS) is 13.7. The van der Waals surface area contributed by atoms with Crippen molar-refractivity contribution in [3.63, 3.8) is 0 Å². The van der Waals surface area contributed by atoms with E-state index >= 15 is 0 Å². The number of hydrogen-bond donors (Lipinski definition) is 0. The average molecular weight is 430 g/mol. The summed E-state index contributed by atoms with van der Waals surface area (Å²) in [5.74, 6) is 0.0783. The molecule has 1 aliphatic carbocycles. The molecule has 0 N–H and O–H groups in total. The van der Waals surface area contributed by atoms with Crippen LogP contribution in [0.4, 0.5) is 0 Å². The van der Waals surface area contributed by atoms with Crippen molar-refractivity contribution in [1.82, 2.24) is 0 Å². The highest BCUT2D eigenvalue weighted by molar-refractivity contribution is 7.96. The third-order valence-electron chi connectivity index (χ3n) is 5.86. The Bertz CT molecular complexity index is 1250. The first-order valence-corrected chi connectivity index (χ1v) is 12.5. The molecule has 0 atom stereocenters. The van der Waals surface area contributed by atoms with Crippen molar-refractivity contribution < 1.29 is 4.79 Å². The molecule has 1 nitrogen and oxygen atoms in total. The van der Waals surface area contributed by atoms with Gasteiger partial charge in [-0.3, -0.25) is 4.79 Å². The molecule has 0 bridgehead atoms. The van der Waals surface area contributed by atoms with Crippen LogP contribution in [0.3, 0.4) is 0 Å². The molecule has 0 amide bonds. The molecule has 32 heavy (non-hydrogen) atoms. The third-order valence-corrected chi connectivity index (χ3v) is 10.1. The zero-order valence-corrected chi connectivity index (χ0v) is 18.5. The lowest BCUT2D eigenvalue weighted by Gasteiger charge is -2.32. The molecule has 0 aliphatic heterocycles. The summed E-state index contributed by atoms with van der Waals surface area (Å²) >= 11 is 0. The van der Waals surface area contributed by atoms with Crippen LogP contribution in [0.2, 0.25) is 0 Å². The van der Waals surface area contributed by atoms with Gasteiger partial charge in [0.05, 0.1) is 0 Å². The molecule has 4 aromatic carbocycles. The largest absolute Gasteiger partial charge is 0.289 e. The summed E-state index contributed by atoms with van der Waals surface area (Å²) in [6, 6.07) is 41.8. The minimum atomic E-state index is -2.40. The maximum Gasteiger partial charge on any atom is 0.186 e. The summed E-state index contributed by atoms with van der Waals surface area (Å²) < 4.78 is 0. The SMILES string of the molecule is O=C1C=CC(c2ccccc2)=CC1=P(c1ccccc1)(c1ccccc1)c1ccccc1. The van der Waals surface area contributed by atoms with E-state index in [1.54, 1.807) is 6.08 Å². The Morgan fingerprint density at radius 2 is 0.875 bits per heavy atom. The molecule has 2 heteroatoms. The summed E-state index contributed by atoms with van der Waals surface area (Å²) in [5.41, 5.74) is 2.17. The van der Waals surface area contributed by atoms with Crippen LogP contribution in [0.5, 0.6) is 0 Å². The number of carbonyl (C=O) groups excluding carboxylic acids is 1. The molecule has 154 valence electrons.